The molecular weight excluding hydrogens is 655 g/mol. The molecule has 0 aliphatic heterocycles. The lowest BCUT2D eigenvalue weighted by molar-refractivity contribution is 0.669. The lowest BCUT2D eigenvalue weighted by Crippen LogP contribution is -2.23. The molecule has 0 saturated carbocycles. The molecule has 2 aliphatic rings. The number of benzene rings is 8. The van der Waals surface area contributed by atoms with E-state index < -0.39 is 0 Å². The number of hydrogen-bond acceptors (Lipinski definition) is 2. The maximum absolute atomic E-state index is 6.54. The van der Waals surface area contributed by atoms with Gasteiger partial charge in [0, 0.05) is 44.6 Å². The molecule has 0 amide bonds. The van der Waals surface area contributed by atoms with Crippen LogP contribution in [0.1, 0.15) is 47.2 Å². The summed E-state index contributed by atoms with van der Waals surface area (Å²) in [5, 5.41) is 2.25. The van der Waals surface area contributed by atoms with Crippen LogP contribution in [-0.2, 0) is 10.8 Å². The molecule has 8 aromatic carbocycles. The summed E-state index contributed by atoms with van der Waals surface area (Å²) >= 11 is 0. The molecule has 11 rings (SSSR count). The topological polar surface area (TPSA) is 16.4 Å². The van der Waals surface area contributed by atoms with Crippen molar-refractivity contribution in [3.8, 4) is 22.3 Å². The smallest absolute Gasteiger partial charge is 0.137 e. The van der Waals surface area contributed by atoms with Crippen molar-refractivity contribution in [3.63, 3.8) is 0 Å². The Kier molecular flexibility index (Phi) is 6.55. The Morgan fingerprint density at radius 2 is 0.926 bits per heavy atom. The maximum Gasteiger partial charge on any atom is 0.137 e. The van der Waals surface area contributed by atoms with Gasteiger partial charge in [-0.1, -0.05) is 146 Å². The number of rotatable bonds is 5. The standard InChI is InChI=1S/C52H37NO/c1-51(34-16-5-3-6-17-34)44-24-13-10-22-42(44)50-45(51)25-15-26-47(50)53(37-29-31-41-40-21-11-14-27-48(40)54-49(41)33-37)36-28-30-39-38-20-9-12-23-43(38)52(2,46(39)32-36)35-18-7-4-8-19-35/h3-33H,1-2H3. The summed E-state index contributed by atoms with van der Waals surface area (Å²) in [4.78, 5) is 2.47. The predicted octanol–water partition coefficient (Wildman–Crippen LogP) is 13.7. The largest absolute Gasteiger partial charge is 0.456 e. The van der Waals surface area contributed by atoms with Crippen molar-refractivity contribution >= 4 is 39.0 Å². The van der Waals surface area contributed by atoms with Gasteiger partial charge >= 0.3 is 0 Å². The van der Waals surface area contributed by atoms with Gasteiger partial charge in [0.2, 0.25) is 0 Å². The fourth-order valence-electron chi connectivity index (χ4n) is 9.77. The summed E-state index contributed by atoms with van der Waals surface area (Å²) in [5.41, 5.74) is 17.4. The van der Waals surface area contributed by atoms with Gasteiger partial charge in [-0.2, -0.15) is 0 Å². The molecule has 2 aliphatic carbocycles. The number of hydrogen-bond donors (Lipinski definition) is 0. The molecule has 2 nitrogen and oxygen atoms in total. The third kappa shape index (κ3) is 4.17. The number of nitrogens with zero attached hydrogens (tertiary/aromatic N) is 1. The number of para-hydroxylation sites is 1. The molecule has 0 bridgehead atoms. The third-order valence-electron chi connectivity index (χ3n) is 12.4. The normalized spacial score (nSPS) is 18.0. The van der Waals surface area contributed by atoms with E-state index in [0.717, 1.165) is 39.0 Å². The predicted molar refractivity (Wildman–Crippen MR) is 223 cm³/mol. The summed E-state index contributed by atoms with van der Waals surface area (Å²) in [6.07, 6.45) is 0. The Morgan fingerprint density at radius 3 is 1.69 bits per heavy atom. The third-order valence-corrected chi connectivity index (χ3v) is 12.4. The van der Waals surface area contributed by atoms with Crippen LogP contribution in [0.3, 0.4) is 0 Å². The van der Waals surface area contributed by atoms with Crippen molar-refractivity contribution in [2.24, 2.45) is 0 Å². The van der Waals surface area contributed by atoms with Crippen molar-refractivity contribution in [3.05, 3.63) is 221 Å². The second-order valence-electron chi connectivity index (χ2n) is 15.1. The Balaban J connectivity index is 1.20. The first-order valence-electron chi connectivity index (χ1n) is 18.9. The summed E-state index contributed by atoms with van der Waals surface area (Å²) in [7, 11) is 0. The molecule has 0 N–H and O–H groups in total. The van der Waals surface area contributed by atoms with Gasteiger partial charge in [-0.3, -0.25) is 0 Å². The quantitative estimate of drug-likeness (QED) is 0.179. The minimum absolute atomic E-state index is 0.316. The highest BCUT2D eigenvalue weighted by atomic mass is 16.3. The molecule has 0 saturated heterocycles. The molecule has 54 heavy (non-hydrogen) atoms. The van der Waals surface area contributed by atoms with E-state index in [4.69, 9.17) is 4.42 Å². The van der Waals surface area contributed by atoms with Crippen molar-refractivity contribution in [1.82, 2.24) is 0 Å². The highest BCUT2D eigenvalue weighted by molar-refractivity contribution is 6.06. The summed E-state index contributed by atoms with van der Waals surface area (Å²) in [6.45, 7) is 4.78. The van der Waals surface area contributed by atoms with Gasteiger partial charge in [-0.25, -0.2) is 0 Å². The van der Waals surface area contributed by atoms with E-state index in [1.165, 1.54) is 55.6 Å². The van der Waals surface area contributed by atoms with Crippen LogP contribution in [0.4, 0.5) is 17.1 Å². The molecule has 1 aromatic heterocycles. The fourth-order valence-corrected chi connectivity index (χ4v) is 9.77. The van der Waals surface area contributed by atoms with Crippen LogP contribution in [0, 0.1) is 0 Å². The van der Waals surface area contributed by atoms with Gasteiger partial charge < -0.3 is 9.32 Å². The highest BCUT2D eigenvalue weighted by Gasteiger charge is 2.44. The van der Waals surface area contributed by atoms with Crippen LogP contribution in [0.25, 0.3) is 44.2 Å². The van der Waals surface area contributed by atoms with Crippen molar-refractivity contribution < 1.29 is 4.42 Å². The average Bonchev–Trinajstić information content (AvgIpc) is 3.83. The van der Waals surface area contributed by atoms with E-state index in [2.05, 4.69) is 201 Å². The van der Waals surface area contributed by atoms with E-state index in [1.54, 1.807) is 0 Å². The minimum Gasteiger partial charge on any atom is -0.456 e. The monoisotopic (exact) mass is 691 g/mol. The van der Waals surface area contributed by atoms with Crippen LogP contribution in [0.15, 0.2) is 192 Å². The second-order valence-corrected chi connectivity index (χ2v) is 15.1. The first-order chi connectivity index (χ1) is 26.5. The van der Waals surface area contributed by atoms with E-state index in [-0.39, 0.29) is 10.8 Å². The van der Waals surface area contributed by atoms with Gasteiger partial charge in [-0.05, 0) is 100 Å². The van der Waals surface area contributed by atoms with Crippen LogP contribution in [0.5, 0.6) is 0 Å². The zero-order valence-electron chi connectivity index (χ0n) is 30.3. The Morgan fingerprint density at radius 1 is 0.389 bits per heavy atom. The lowest BCUT2D eigenvalue weighted by atomic mass is 9.74. The lowest BCUT2D eigenvalue weighted by Gasteiger charge is -2.32. The number of fused-ring (bicyclic) bond motifs is 9. The summed E-state index contributed by atoms with van der Waals surface area (Å²) < 4.78 is 6.54. The van der Waals surface area contributed by atoms with Gasteiger partial charge in [-0.15, -0.1) is 0 Å². The van der Waals surface area contributed by atoms with Crippen molar-refractivity contribution in [1.29, 1.82) is 0 Å². The summed E-state index contributed by atoms with van der Waals surface area (Å²) in [5.74, 6) is 0. The SMILES string of the molecule is CC1(c2ccccc2)c2ccccc2-c2ccc(N(c3ccc4c(c3)oc3ccccc34)c3cccc4c3-c3ccccc3C4(C)c3ccccc3)cc21. The zero-order chi connectivity index (χ0) is 36.0. The maximum atomic E-state index is 6.54. The van der Waals surface area contributed by atoms with Gasteiger partial charge in [0.25, 0.3) is 0 Å². The average molecular weight is 692 g/mol. The van der Waals surface area contributed by atoms with Gasteiger partial charge in [0.05, 0.1) is 5.69 Å². The van der Waals surface area contributed by atoms with Crippen LogP contribution >= 0.6 is 0 Å². The van der Waals surface area contributed by atoms with E-state index in [9.17, 15) is 0 Å². The molecule has 2 atom stereocenters. The second kappa shape index (κ2) is 11.4. The molecule has 0 fully saturated rings. The van der Waals surface area contributed by atoms with E-state index >= 15 is 0 Å². The Hall–Kier alpha value is -6.64. The highest BCUT2D eigenvalue weighted by Crippen LogP contribution is 2.58. The van der Waals surface area contributed by atoms with Crippen molar-refractivity contribution in [2.45, 2.75) is 24.7 Å². The first-order valence-corrected chi connectivity index (χ1v) is 18.9. The number of anilines is 3. The van der Waals surface area contributed by atoms with Crippen LogP contribution < -0.4 is 4.90 Å². The van der Waals surface area contributed by atoms with Gasteiger partial charge in [0.1, 0.15) is 11.2 Å². The molecule has 256 valence electrons. The van der Waals surface area contributed by atoms with E-state index in [0.29, 0.717) is 0 Å². The minimum atomic E-state index is -0.325. The Labute approximate surface area is 315 Å². The zero-order valence-corrected chi connectivity index (χ0v) is 30.3. The summed E-state index contributed by atoms with van der Waals surface area (Å²) in [6, 6.07) is 68.9. The molecule has 0 spiro atoms. The fraction of sp³-hybridized carbons (Fsp3) is 0.0769. The molecule has 1 heterocycles. The van der Waals surface area contributed by atoms with Crippen LogP contribution in [-0.4, -0.2) is 0 Å². The van der Waals surface area contributed by atoms with Crippen LogP contribution in [0.2, 0.25) is 0 Å². The molecule has 2 heteroatoms. The van der Waals surface area contributed by atoms with Crippen molar-refractivity contribution in [2.75, 3.05) is 4.90 Å². The Bertz CT molecular complexity index is 2920. The van der Waals surface area contributed by atoms with E-state index in [1.807, 2.05) is 6.07 Å². The molecule has 0 radical (unpaired) electrons. The molecular formula is C52H37NO. The number of furan rings is 1. The molecule has 2 unspecified atom stereocenters. The van der Waals surface area contributed by atoms with Gasteiger partial charge in [0.15, 0.2) is 0 Å². The first kappa shape index (κ1) is 30.9. The molecule has 9 aromatic rings.